The predicted octanol–water partition coefficient (Wildman–Crippen LogP) is 2.23. The molecule has 4 heterocycles. The van der Waals surface area contributed by atoms with Gasteiger partial charge in [-0.25, -0.2) is 0 Å². The van der Waals surface area contributed by atoms with Gasteiger partial charge in [-0.1, -0.05) is 24.6 Å². The van der Waals surface area contributed by atoms with Gasteiger partial charge < -0.3 is 19.3 Å². The lowest BCUT2D eigenvalue weighted by atomic mass is 9.84. The molecule has 6 rings (SSSR count). The Morgan fingerprint density at radius 2 is 1.64 bits per heavy atom. The monoisotopic (exact) mass is 512 g/mol. The van der Waals surface area contributed by atoms with Gasteiger partial charge in [-0.15, -0.1) is 0 Å². The number of carbonyl (C=O) groups excluding carboxylic acids is 2. The van der Waals surface area contributed by atoms with Crippen LogP contribution >= 0.6 is 0 Å². The average Bonchev–Trinajstić information content (AvgIpc) is 3.33. The van der Waals surface area contributed by atoms with Crippen molar-refractivity contribution < 1.29 is 23.3 Å². The lowest BCUT2D eigenvalue weighted by Gasteiger charge is -2.35. The fraction of sp³-hybridized carbons (Fsp3) is 0.577. The SMILES string of the molecule is O=C(c1nn(C2CCCC(C(=O)N3CCOCC3)C2)c2c1CS(=O)c1ccccc1-2)N1CCOCC1. The molecule has 3 unspecified atom stereocenters. The zero-order valence-corrected chi connectivity index (χ0v) is 21.2. The van der Waals surface area contributed by atoms with Crippen LogP contribution in [-0.2, 0) is 30.8 Å². The van der Waals surface area contributed by atoms with Gasteiger partial charge in [0, 0.05) is 48.1 Å². The van der Waals surface area contributed by atoms with Crippen LogP contribution in [0.15, 0.2) is 29.2 Å². The highest BCUT2D eigenvalue weighted by molar-refractivity contribution is 7.84. The molecule has 4 aliphatic rings. The second kappa shape index (κ2) is 10.1. The number of benzene rings is 1. The summed E-state index contributed by atoms with van der Waals surface area (Å²) < 4.78 is 26.0. The first-order chi connectivity index (χ1) is 17.6. The van der Waals surface area contributed by atoms with Crippen LogP contribution in [0.4, 0.5) is 0 Å². The van der Waals surface area contributed by atoms with Crippen molar-refractivity contribution in [3.8, 4) is 11.3 Å². The first kappa shape index (κ1) is 23.8. The summed E-state index contributed by atoms with van der Waals surface area (Å²) in [5.41, 5.74) is 2.94. The van der Waals surface area contributed by atoms with Crippen molar-refractivity contribution in [3.63, 3.8) is 0 Å². The minimum atomic E-state index is -1.24. The van der Waals surface area contributed by atoms with Gasteiger partial charge in [-0.2, -0.15) is 5.10 Å². The maximum Gasteiger partial charge on any atom is 0.274 e. The van der Waals surface area contributed by atoms with Gasteiger partial charge in [0.1, 0.15) is 0 Å². The van der Waals surface area contributed by atoms with Crippen molar-refractivity contribution in [1.29, 1.82) is 0 Å². The second-order valence-corrected chi connectivity index (χ2v) is 11.4. The number of ether oxygens (including phenoxy) is 2. The number of aromatic nitrogens is 2. The molecule has 1 aliphatic carbocycles. The summed E-state index contributed by atoms with van der Waals surface area (Å²) >= 11 is 0. The molecule has 0 bridgehead atoms. The van der Waals surface area contributed by atoms with E-state index in [0.717, 1.165) is 41.0 Å². The summed E-state index contributed by atoms with van der Waals surface area (Å²) in [4.78, 5) is 31.4. The first-order valence-electron chi connectivity index (χ1n) is 12.9. The molecule has 2 aromatic rings. The molecule has 10 heteroatoms. The maximum atomic E-state index is 13.6. The molecule has 3 fully saturated rings. The lowest BCUT2D eigenvalue weighted by Crippen LogP contribution is -2.44. The van der Waals surface area contributed by atoms with Gasteiger partial charge in [0.15, 0.2) is 5.69 Å². The molecule has 0 N–H and O–H groups in total. The Kier molecular flexibility index (Phi) is 6.66. The smallest absolute Gasteiger partial charge is 0.274 e. The highest BCUT2D eigenvalue weighted by Crippen LogP contribution is 2.43. The van der Waals surface area contributed by atoms with E-state index in [4.69, 9.17) is 14.6 Å². The van der Waals surface area contributed by atoms with Crippen molar-refractivity contribution in [1.82, 2.24) is 19.6 Å². The minimum absolute atomic E-state index is 0.00770. The molecule has 0 radical (unpaired) electrons. The number of hydrogen-bond acceptors (Lipinski definition) is 6. The van der Waals surface area contributed by atoms with E-state index in [0.29, 0.717) is 64.7 Å². The largest absolute Gasteiger partial charge is 0.378 e. The Morgan fingerprint density at radius 1 is 0.944 bits per heavy atom. The number of morpholine rings is 2. The molecule has 36 heavy (non-hydrogen) atoms. The van der Waals surface area contributed by atoms with E-state index in [1.807, 2.05) is 33.8 Å². The summed E-state index contributed by atoms with van der Waals surface area (Å²) in [7, 11) is -1.24. The Bertz CT molecular complexity index is 1180. The summed E-state index contributed by atoms with van der Waals surface area (Å²) in [6.45, 7) is 4.56. The van der Waals surface area contributed by atoms with Crippen LogP contribution in [0.5, 0.6) is 0 Å². The fourth-order valence-corrected chi connectivity index (χ4v) is 7.30. The van der Waals surface area contributed by atoms with Crippen LogP contribution in [0.1, 0.15) is 47.8 Å². The van der Waals surface area contributed by atoms with Crippen molar-refractivity contribution in [3.05, 3.63) is 35.5 Å². The van der Waals surface area contributed by atoms with Crippen LogP contribution in [0.25, 0.3) is 11.3 Å². The van der Waals surface area contributed by atoms with Crippen molar-refractivity contribution in [2.75, 3.05) is 52.6 Å². The lowest BCUT2D eigenvalue weighted by molar-refractivity contribution is -0.141. The third-order valence-corrected chi connectivity index (χ3v) is 9.23. The van der Waals surface area contributed by atoms with Crippen molar-refractivity contribution in [2.45, 2.75) is 42.4 Å². The molecule has 2 saturated heterocycles. The average molecular weight is 513 g/mol. The van der Waals surface area contributed by atoms with Gasteiger partial charge in [0.2, 0.25) is 5.91 Å². The van der Waals surface area contributed by atoms with E-state index in [2.05, 4.69) is 0 Å². The molecule has 3 aliphatic heterocycles. The molecular weight excluding hydrogens is 480 g/mol. The quantitative estimate of drug-likeness (QED) is 0.626. The zero-order valence-electron chi connectivity index (χ0n) is 20.4. The third-order valence-electron chi connectivity index (χ3n) is 7.84. The zero-order chi connectivity index (χ0) is 24.6. The summed E-state index contributed by atoms with van der Waals surface area (Å²) in [6, 6.07) is 7.73. The van der Waals surface area contributed by atoms with Gasteiger partial charge in [0.05, 0.1) is 54.7 Å². The molecule has 2 amide bonds. The Morgan fingerprint density at radius 3 is 2.39 bits per heavy atom. The molecule has 1 aromatic carbocycles. The van der Waals surface area contributed by atoms with Crippen LogP contribution < -0.4 is 0 Å². The van der Waals surface area contributed by atoms with E-state index in [9.17, 15) is 13.8 Å². The Hall–Kier alpha value is -2.56. The van der Waals surface area contributed by atoms with E-state index >= 15 is 0 Å². The van der Waals surface area contributed by atoms with Gasteiger partial charge in [-0.3, -0.25) is 18.5 Å². The van der Waals surface area contributed by atoms with E-state index in [1.165, 1.54) is 0 Å². The van der Waals surface area contributed by atoms with Crippen molar-refractivity contribution in [2.24, 2.45) is 5.92 Å². The number of amides is 2. The van der Waals surface area contributed by atoms with E-state index < -0.39 is 10.8 Å². The van der Waals surface area contributed by atoms with Crippen LogP contribution in [0.3, 0.4) is 0 Å². The number of hydrogen-bond donors (Lipinski definition) is 0. The number of fused-ring (bicyclic) bond motifs is 3. The summed E-state index contributed by atoms with van der Waals surface area (Å²) in [5.74, 6) is 0.297. The predicted molar refractivity (Wildman–Crippen MR) is 133 cm³/mol. The van der Waals surface area contributed by atoms with Crippen LogP contribution in [-0.4, -0.2) is 88.2 Å². The van der Waals surface area contributed by atoms with Gasteiger partial charge in [-0.05, 0) is 25.3 Å². The number of carbonyl (C=O) groups is 2. The van der Waals surface area contributed by atoms with E-state index in [-0.39, 0.29) is 29.5 Å². The van der Waals surface area contributed by atoms with E-state index in [1.54, 1.807) is 4.90 Å². The summed E-state index contributed by atoms with van der Waals surface area (Å²) in [5, 5.41) is 4.94. The van der Waals surface area contributed by atoms with Gasteiger partial charge in [0.25, 0.3) is 5.91 Å². The topological polar surface area (TPSA) is 94.0 Å². The van der Waals surface area contributed by atoms with Crippen LogP contribution in [0, 0.1) is 5.92 Å². The highest BCUT2D eigenvalue weighted by Gasteiger charge is 2.38. The molecule has 192 valence electrons. The molecule has 1 aromatic heterocycles. The second-order valence-electron chi connectivity index (χ2n) is 9.97. The molecule has 0 spiro atoms. The fourth-order valence-electron chi connectivity index (χ4n) is 5.97. The molecular formula is C26H32N4O5S. The molecule has 3 atom stereocenters. The normalized spacial score (nSPS) is 26.3. The standard InChI is InChI=1S/C26H32N4O5S/c31-25(28-8-12-34-13-9-28)18-4-3-5-19(16-18)30-24-20-6-1-2-7-22(20)36(33)17-21(24)23(27-30)26(32)29-10-14-35-15-11-29/h1-2,6-7,18-19H,3-5,8-17H2. The first-order valence-corrected chi connectivity index (χ1v) is 14.3. The minimum Gasteiger partial charge on any atom is -0.378 e. The molecule has 9 nitrogen and oxygen atoms in total. The summed E-state index contributed by atoms with van der Waals surface area (Å²) in [6.07, 6.45) is 3.40. The third kappa shape index (κ3) is 4.29. The van der Waals surface area contributed by atoms with Crippen molar-refractivity contribution >= 4 is 22.6 Å². The Balaban J connectivity index is 1.37. The number of rotatable bonds is 3. The maximum absolute atomic E-state index is 13.6. The van der Waals surface area contributed by atoms with Gasteiger partial charge >= 0.3 is 0 Å². The Labute approximate surface area is 213 Å². The number of nitrogens with zero attached hydrogens (tertiary/aromatic N) is 4. The molecule has 1 saturated carbocycles. The van der Waals surface area contributed by atoms with Crippen LogP contribution in [0.2, 0.25) is 0 Å². The highest BCUT2D eigenvalue weighted by atomic mass is 32.2.